The normalized spacial score (nSPS) is 19.6. The SMILES string of the molecule is NC(Cc1ccc(F)cc1)N1CCOCC1. The zero-order chi connectivity index (χ0) is 11.4. The van der Waals surface area contributed by atoms with Crippen LogP contribution < -0.4 is 5.73 Å². The Morgan fingerprint density at radius 2 is 1.88 bits per heavy atom. The van der Waals surface area contributed by atoms with Crippen LogP contribution >= 0.6 is 0 Å². The lowest BCUT2D eigenvalue weighted by atomic mass is 10.1. The molecule has 0 aliphatic carbocycles. The highest BCUT2D eigenvalue weighted by Crippen LogP contribution is 2.08. The number of nitrogens with two attached hydrogens (primary N) is 1. The molecule has 1 heterocycles. The fourth-order valence-corrected chi connectivity index (χ4v) is 1.90. The first kappa shape index (κ1) is 11.5. The maximum Gasteiger partial charge on any atom is 0.123 e. The predicted octanol–water partition coefficient (Wildman–Crippen LogP) is 0.985. The minimum absolute atomic E-state index is 0.00522. The van der Waals surface area contributed by atoms with Crippen molar-refractivity contribution in [1.29, 1.82) is 0 Å². The van der Waals surface area contributed by atoms with Crippen molar-refractivity contribution in [3.05, 3.63) is 35.6 Å². The van der Waals surface area contributed by atoms with E-state index >= 15 is 0 Å². The molecule has 1 aliphatic rings. The number of rotatable bonds is 3. The molecule has 1 aliphatic heterocycles. The number of hydrogen-bond donors (Lipinski definition) is 1. The van der Waals surface area contributed by atoms with Crippen LogP contribution in [0, 0.1) is 5.82 Å². The molecule has 0 aromatic heterocycles. The van der Waals surface area contributed by atoms with E-state index in [4.69, 9.17) is 10.5 Å². The van der Waals surface area contributed by atoms with Gasteiger partial charge in [0, 0.05) is 19.5 Å². The number of halogens is 1. The van der Waals surface area contributed by atoms with Crippen LogP contribution in [0.15, 0.2) is 24.3 Å². The number of hydrogen-bond acceptors (Lipinski definition) is 3. The molecule has 1 unspecified atom stereocenters. The second-order valence-electron chi connectivity index (χ2n) is 4.05. The van der Waals surface area contributed by atoms with Crippen molar-refractivity contribution < 1.29 is 9.13 Å². The summed E-state index contributed by atoms with van der Waals surface area (Å²) in [7, 11) is 0. The molecule has 88 valence electrons. The fourth-order valence-electron chi connectivity index (χ4n) is 1.90. The van der Waals surface area contributed by atoms with E-state index < -0.39 is 0 Å². The van der Waals surface area contributed by atoms with Gasteiger partial charge in [-0.3, -0.25) is 4.90 Å². The van der Waals surface area contributed by atoms with Gasteiger partial charge in [-0.25, -0.2) is 4.39 Å². The number of nitrogens with zero attached hydrogens (tertiary/aromatic N) is 1. The molecule has 3 nitrogen and oxygen atoms in total. The molecule has 1 aromatic rings. The number of morpholine rings is 1. The van der Waals surface area contributed by atoms with Gasteiger partial charge in [-0.2, -0.15) is 0 Å². The van der Waals surface area contributed by atoms with E-state index in [1.807, 2.05) is 0 Å². The summed E-state index contributed by atoms with van der Waals surface area (Å²) in [6.07, 6.45) is 0.745. The van der Waals surface area contributed by atoms with Crippen molar-refractivity contribution in [1.82, 2.24) is 4.90 Å². The topological polar surface area (TPSA) is 38.5 Å². The molecule has 4 heteroatoms. The van der Waals surface area contributed by atoms with Gasteiger partial charge in [0.05, 0.1) is 19.4 Å². The molecule has 1 fully saturated rings. The van der Waals surface area contributed by atoms with E-state index in [9.17, 15) is 4.39 Å². The van der Waals surface area contributed by atoms with Gasteiger partial charge in [-0.15, -0.1) is 0 Å². The summed E-state index contributed by atoms with van der Waals surface area (Å²) in [5.41, 5.74) is 7.16. The third-order valence-corrected chi connectivity index (χ3v) is 2.87. The molecule has 16 heavy (non-hydrogen) atoms. The van der Waals surface area contributed by atoms with Gasteiger partial charge < -0.3 is 10.5 Å². The fraction of sp³-hybridized carbons (Fsp3) is 0.500. The zero-order valence-electron chi connectivity index (χ0n) is 9.23. The largest absolute Gasteiger partial charge is 0.379 e. The molecule has 1 aromatic carbocycles. The minimum Gasteiger partial charge on any atom is -0.379 e. The van der Waals surface area contributed by atoms with E-state index in [1.165, 1.54) is 12.1 Å². The van der Waals surface area contributed by atoms with Crippen molar-refractivity contribution in [2.45, 2.75) is 12.6 Å². The Hall–Kier alpha value is -0.970. The molecular weight excluding hydrogens is 207 g/mol. The minimum atomic E-state index is -0.205. The highest BCUT2D eigenvalue weighted by molar-refractivity contribution is 5.16. The van der Waals surface area contributed by atoms with E-state index in [0.717, 1.165) is 38.3 Å². The Kier molecular flexibility index (Phi) is 3.88. The summed E-state index contributed by atoms with van der Waals surface area (Å²) >= 11 is 0. The summed E-state index contributed by atoms with van der Waals surface area (Å²) in [6.45, 7) is 3.25. The summed E-state index contributed by atoms with van der Waals surface area (Å²) in [5.74, 6) is -0.205. The molecule has 1 atom stereocenters. The van der Waals surface area contributed by atoms with Gasteiger partial charge in [-0.1, -0.05) is 12.1 Å². The third-order valence-electron chi connectivity index (χ3n) is 2.87. The molecule has 1 saturated heterocycles. The van der Waals surface area contributed by atoms with Crippen LogP contribution in [0.1, 0.15) is 5.56 Å². The quantitative estimate of drug-likeness (QED) is 0.832. The lowest BCUT2D eigenvalue weighted by molar-refractivity contribution is 0.0179. The van der Waals surface area contributed by atoms with Crippen LogP contribution in [-0.2, 0) is 11.2 Å². The van der Waals surface area contributed by atoms with Crippen LogP contribution in [-0.4, -0.2) is 37.4 Å². The summed E-state index contributed by atoms with van der Waals surface area (Å²) in [6, 6.07) is 6.52. The van der Waals surface area contributed by atoms with Crippen molar-refractivity contribution in [2.24, 2.45) is 5.73 Å². The Bertz CT molecular complexity index is 322. The molecule has 2 N–H and O–H groups in total. The van der Waals surface area contributed by atoms with Crippen molar-refractivity contribution >= 4 is 0 Å². The predicted molar refractivity (Wildman–Crippen MR) is 60.5 cm³/mol. The maximum atomic E-state index is 12.7. The monoisotopic (exact) mass is 224 g/mol. The Labute approximate surface area is 95.0 Å². The van der Waals surface area contributed by atoms with Gasteiger partial charge in [0.1, 0.15) is 5.82 Å². The van der Waals surface area contributed by atoms with Gasteiger partial charge in [0.25, 0.3) is 0 Å². The van der Waals surface area contributed by atoms with Crippen molar-refractivity contribution in [2.75, 3.05) is 26.3 Å². The van der Waals surface area contributed by atoms with Crippen molar-refractivity contribution in [3.8, 4) is 0 Å². The first-order valence-electron chi connectivity index (χ1n) is 5.57. The molecule has 2 rings (SSSR count). The second-order valence-corrected chi connectivity index (χ2v) is 4.05. The third kappa shape index (κ3) is 3.01. The van der Waals surface area contributed by atoms with Crippen LogP contribution in [0.4, 0.5) is 4.39 Å². The van der Waals surface area contributed by atoms with E-state index in [-0.39, 0.29) is 12.0 Å². The first-order chi connectivity index (χ1) is 7.75. The lowest BCUT2D eigenvalue weighted by Gasteiger charge is -2.32. The standard InChI is InChI=1S/C12H17FN2O/c13-11-3-1-10(2-4-11)9-12(14)15-5-7-16-8-6-15/h1-4,12H,5-9,14H2. The number of benzene rings is 1. The molecule has 0 saturated carbocycles. The summed E-state index contributed by atoms with van der Waals surface area (Å²) < 4.78 is 18.0. The van der Waals surface area contributed by atoms with Gasteiger partial charge in [0.15, 0.2) is 0 Å². The van der Waals surface area contributed by atoms with Crippen LogP contribution in [0.25, 0.3) is 0 Å². The van der Waals surface area contributed by atoms with Crippen LogP contribution in [0.3, 0.4) is 0 Å². The molecule has 0 amide bonds. The highest BCUT2D eigenvalue weighted by Gasteiger charge is 2.17. The number of ether oxygens (including phenoxy) is 1. The second kappa shape index (κ2) is 5.39. The van der Waals surface area contributed by atoms with E-state index in [0.29, 0.717) is 0 Å². The van der Waals surface area contributed by atoms with Crippen LogP contribution in [0.2, 0.25) is 0 Å². The lowest BCUT2D eigenvalue weighted by Crippen LogP contribution is -2.49. The smallest absolute Gasteiger partial charge is 0.123 e. The maximum absolute atomic E-state index is 12.7. The zero-order valence-corrected chi connectivity index (χ0v) is 9.23. The van der Waals surface area contributed by atoms with Gasteiger partial charge in [-0.05, 0) is 17.7 Å². The first-order valence-corrected chi connectivity index (χ1v) is 5.57. The molecular formula is C12H17FN2O. The van der Waals surface area contributed by atoms with Crippen molar-refractivity contribution in [3.63, 3.8) is 0 Å². The average Bonchev–Trinajstić information content (AvgIpc) is 2.33. The Morgan fingerprint density at radius 3 is 2.50 bits per heavy atom. The van der Waals surface area contributed by atoms with Gasteiger partial charge in [0.2, 0.25) is 0 Å². The van der Waals surface area contributed by atoms with E-state index in [1.54, 1.807) is 12.1 Å². The van der Waals surface area contributed by atoms with Crippen LogP contribution in [0.5, 0.6) is 0 Å². The highest BCUT2D eigenvalue weighted by atomic mass is 19.1. The Morgan fingerprint density at radius 1 is 1.25 bits per heavy atom. The molecule has 0 spiro atoms. The Balaban J connectivity index is 1.90. The summed E-state index contributed by atoms with van der Waals surface area (Å²) in [4.78, 5) is 2.20. The van der Waals surface area contributed by atoms with E-state index in [2.05, 4.69) is 4.90 Å². The average molecular weight is 224 g/mol. The van der Waals surface area contributed by atoms with Gasteiger partial charge >= 0.3 is 0 Å². The molecule has 0 bridgehead atoms. The molecule has 0 radical (unpaired) electrons. The summed E-state index contributed by atoms with van der Waals surface area (Å²) in [5, 5.41) is 0.